The number of fused-ring (bicyclic) bond motifs is 1. The molecule has 42 heavy (non-hydrogen) atoms. The minimum Gasteiger partial charge on any atom is -0.454 e. The number of carbonyl (C=O) groups excluding carboxylic acids is 1. The van der Waals surface area contributed by atoms with Gasteiger partial charge in [-0.2, -0.15) is 18.2 Å². The number of H-pyrrole nitrogens is 1. The molecule has 0 radical (unpaired) electrons. The fourth-order valence-corrected chi connectivity index (χ4v) is 5.14. The van der Waals surface area contributed by atoms with Gasteiger partial charge < -0.3 is 20.2 Å². The monoisotopic (exact) mass is 596 g/mol. The summed E-state index contributed by atoms with van der Waals surface area (Å²) in [6.07, 6.45) is 1.32. The van der Waals surface area contributed by atoms with E-state index in [0.29, 0.717) is 27.9 Å². The third-order valence-corrected chi connectivity index (χ3v) is 7.38. The van der Waals surface area contributed by atoms with Crippen LogP contribution in [0.25, 0.3) is 16.6 Å². The summed E-state index contributed by atoms with van der Waals surface area (Å²) in [4.78, 5) is 16.2. The molecular weight excluding hydrogens is 570 g/mol. The van der Waals surface area contributed by atoms with Gasteiger partial charge in [0.25, 0.3) is 10.2 Å². The maximum absolute atomic E-state index is 14.7. The van der Waals surface area contributed by atoms with Crippen LogP contribution in [-0.2, 0) is 14.9 Å². The molecule has 0 fully saturated rings. The molecule has 0 amide bonds. The number of aryl methyl sites for hydroxylation is 1. The number of para-hydroxylation sites is 1. The van der Waals surface area contributed by atoms with Crippen molar-refractivity contribution in [2.75, 3.05) is 30.7 Å². The first-order valence-electron chi connectivity index (χ1n) is 12.6. The van der Waals surface area contributed by atoms with E-state index in [0.717, 1.165) is 6.07 Å². The lowest BCUT2D eigenvalue weighted by atomic mass is 10.1. The van der Waals surface area contributed by atoms with Crippen molar-refractivity contribution in [3.8, 4) is 17.2 Å². The highest BCUT2D eigenvalue weighted by Crippen LogP contribution is 2.30. The molecule has 0 unspecified atom stereocenters. The lowest BCUT2D eigenvalue weighted by molar-refractivity contribution is 0.103. The zero-order valence-electron chi connectivity index (χ0n) is 22.4. The Hall–Kier alpha value is -4.79. The Balaban J connectivity index is 1.38. The average molecular weight is 597 g/mol. The standard InChI is InChI=1S/C28H26F2N6O5S/c1-16-11-18(41-26-6-4-3-5-20(26)29)7-8-25(16)36-28(31)19(15-32-36)27(37)24-13-17-12-21(30)23(14-22(17)34-24)35-42(38,39)33-9-10-40-2/h3-8,11-15,33-35H,9-10,31H2,1-2H3. The predicted octanol–water partition coefficient (Wildman–Crippen LogP) is 4.44. The van der Waals surface area contributed by atoms with Gasteiger partial charge in [0.15, 0.2) is 11.6 Å². The SMILES string of the molecule is COCCNS(=O)(=O)Nc1cc2[nH]c(C(=O)c3cnn(-c4ccc(Oc5ccccc5F)cc4C)c3N)cc2cc1F. The van der Waals surface area contributed by atoms with E-state index < -0.39 is 27.6 Å². The molecule has 2 heterocycles. The zero-order chi connectivity index (χ0) is 30.0. The van der Waals surface area contributed by atoms with E-state index in [4.69, 9.17) is 15.2 Å². The topological polar surface area (TPSA) is 153 Å². The van der Waals surface area contributed by atoms with Crippen molar-refractivity contribution in [3.05, 3.63) is 95.3 Å². The fourth-order valence-electron chi connectivity index (χ4n) is 4.27. The van der Waals surface area contributed by atoms with Crippen molar-refractivity contribution >= 4 is 38.4 Å². The normalized spacial score (nSPS) is 11.6. The van der Waals surface area contributed by atoms with Crippen molar-refractivity contribution < 1.29 is 31.5 Å². The number of benzene rings is 3. The molecule has 0 saturated heterocycles. The number of hydrogen-bond donors (Lipinski definition) is 4. The van der Waals surface area contributed by atoms with Crippen molar-refractivity contribution in [3.63, 3.8) is 0 Å². The number of aromatic nitrogens is 3. The van der Waals surface area contributed by atoms with Crippen LogP contribution in [0, 0.1) is 18.6 Å². The van der Waals surface area contributed by atoms with Gasteiger partial charge in [0.05, 0.1) is 35.4 Å². The van der Waals surface area contributed by atoms with E-state index in [1.54, 1.807) is 37.3 Å². The molecule has 2 aromatic heterocycles. The number of methoxy groups -OCH3 is 1. The number of nitrogen functional groups attached to an aromatic ring is 1. The van der Waals surface area contributed by atoms with Crippen molar-refractivity contribution in [1.29, 1.82) is 0 Å². The van der Waals surface area contributed by atoms with E-state index >= 15 is 0 Å². The molecular formula is C28H26F2N6O5S. The third kappa shape index (κ3) is 5.95. The minimum atomic E-state index is -4.06. The molecule has 0 aliphatic heterocycles. The summed E-state index contributed by atoms with van der Waals surface area (Å²) in [5.74, 6) is -1.28. The van der Waals surface area contributed by atoms with Crippen LogP contribution in [0.1, 0.15) is 21.6 Å². The minimum absolute atomic E-state index is 0.00291. The number of nitrogens with zero attached hydrogens (tertiary/aromatic N) is 2. The van der Waals surface area contributed by atoms with Gasteiger partial charge in [-0.3, -0.25) is 9.52 Å². The van der Waals surface area contributed by atoms with E-state index in [1.807, 2.05) is 0 Å². The van der Waals surface area contributed by atoms with Crippen LogP contribution in [0.3, 0.4) is 0 Å². The summed E-state index contributed by atoms with van der Waals surface area (Å²) in [5.41, 5.74) is 7.79. The second-order valence-electron chi connectivity index (χ2n) is 9.26. The van der Waals surface area contributed by atoms with Gasteiger partial charge in [-0.15, -0.1) is 0 Å². The van der Waals surface area contributed by atoms with Crippen LogP contribution in [0.5, 0.6) is 11.5 Å². The number of aromatic amines is 1. The highest BCUT2D eigenvalue weighted by atomic mass is 32.2. The Labute approximate surface area is 239 Å². The summed E-state index contributed by atoms with van der Waals surface area (Å²) in [7, 11) is -2.64. The Bertz CT molecular complexity index is 1900. The maximum atomic E-state index is 14.7. The number of halogens is 2. The quantitative estimate of drug-likeness (QED) is 0.130. The van der Waals surface area contributed by atoms with Crippen LogP contribution in [0.4, 0.5) is 20.3 Å². The number of anilines is 2. The number of nitrogens with one attached hydrogen (secondary N) is 3. The Morgan fingerprint density at radius 1 is 1.10 bits per heavy atom. The largest absolute Gasteiger partial charge is 0.454 e. The number of rotatable bonds is 11. The Morgan fingerprint density at radius 2 is 1.88 bits per heavy atom. The first-order chi connectivity index (χ1) is 20.1. The van der Waals surface area contributed by atoms with Gasteiger partial charge in [-0.05, 0) is 61.0 Å². The molecule has 0 bridgehead atoms. The molecule has 0 saturated carbocycles. The van der Waals surface area contributed by atoms with E-state index in [2.05, 4.69) is 19.5 Å². The number of ether oxygens (including phenoxy) is 2. The molecule has 0 aliphatic rings. The van der Waals surface area contributed by atoms with Crippen molar-refractivity contribution in [2.24, 2.45) is 0 Å². The highest BCUT2D eigenvalue weighted by Gasteiger charge is 2.22. The van der Waals surface area contributed by atoms with E-state index in [-0.39, 0.29) is 41.7 Å². The van der Waals surface area contributed by atoms with Gasteiger partial charge in [0, 0.05) is 24.6 Å². The van der Waals surface area contributed by atoms with E-state index in [1.165, 1.54) is 42.3 Å². The zero-order valence-corrected chi connectivity index (χ0v) is 23.3. The van der Waals surface area contributed by atoms with Crippen LogP contribution in [0.15, 0.2) is 66.9 Å². The summed E-state index contributed by atoms with van der Waals surface area (Å²) in [5, 5.41) is 4.62. The average Bonchev–Trinajstić information content (AvgIpc) is 3.53. The van der Waals surface area contributed by atoms with Crippen LogP contribution < -0.4 is 19.9 Å². The van der Waals surface area contributed by atoms with Gasteiger partial charge >= 0.3 is 0 Å². The fraction of sp³-hybridized carbons (Fsp3) is 0.143. The van der Waals surface area contributed by atoms with Crippen molar-refractivity contribution in [2.45, 2.75) is 6.92 Å². The number of ketones is 1. The molecule has 11 nitrogen and oxygen atoms in total. The van der Waals surface area contributed by atoms with Crippen molar-refractivity contribution in [1.82, 2.24) is 19.5 Å². The van der Waals surface area contributed by atoms with Gasteiger partial charge in [-0.1, -0.05) is 12.1 Å². The first kappa shape index (κ1) is 28.7. The second-order valence-corrected chi connectivity index (χ2v) is 10.8. The van der Waals surface area contributed by atoms with E-state index in [9.17, 15) is 22.0 Å². The Kier molecular flexibility index (Phi) is 7.93. The summed E-state index contributed by atoms with van der Waals surface area (Å²) in [6, 6.07) is 14.8. The molecule has 5 N–H and O–H groups in total. The Morgan fingerprint density at radius 3 is 2.62 bits per heavy atom. The molecule has 5 aromatic rings. The molecule has 3 aromatic carbocycles. The lowest BCUT2D eigenvalue weighted by Crippen LogP contribution is -2.32. The van der Waals surface area contributed by atoms with Gasteiger partial charge in [-0.25, -0.2) is 13.5 Å². The van der Waals surface area contributed by atoms with Crippen LogP contribution in [0.2, 0.25) is 0 Å². The second kappa shape index (κ2) is 11.6. The summed E-state index contributed by atoms with van der Waals surface area (Å²) in [6.45, 7) is 1.92. The number of hydrogen-bond acceptors (Lipinski definition) is 7. The molecule has 218 valence electrons. The molecule has 0 aliphatic carbocycles. The van der Waals surface area contributed by atoms with Crippen LogP contribution in [-0.4, -0.2) is 49.2 Å². The lowest BCUT2D eigenvalue weighted by Gasteiger charge is -2.12. The first-order valence-corrected chi connectivity index (χ1v) is 14.0. The third-order valence-electron chi connectivity index (χ3n) is 6.31. The molecule has 0 atom stereocenters. The smallest absolute Gasteiger partial charge is 0.299 e. The number of carbonyl (C=O) groups is 1. The maximum Gasteiger partial charge on any atom is 0.299 e. The molecule has 14 heteroatoms. The summed E-state index contributed by atoms with van der Waals surface area (Å²) < 4.78 is 69.3. The number of nitrogens with two attached hydrogens (primary N) is 1. The van der Waals surface area contributed by atoms with Gasteiger partial charge in [0.1, 0.15) is 17.4 Å². The highest BCUT2D eigenvalue weighted by molar-refractivity contribution is 7.90. The molecule has 5 rings (SSSR count). The summed E-state index contributed by atoms with van der Waals surface area (Å²) >= 11 is 0. The van der Waals surface area contributed by atoms with Crippen LogP contribution >= 0.6 is 0 Å². The predicted molar refractivity (Wildman–Crippen MR) is 153 cm³/mol. The molecule has 0 spiro atoms. The van der Waals surface area contributed by atoms with Gasteiger partial charge in [0.2, 0.25) is 5.78 Å².